The summed E-state index contributed by atoms with van der Waals surface area (Å²) in [6, 6.07) is 4.16. The van der Waals surface area contributed by atoms with Gasteiger partial charge in [-0.2, -0.15) is 0 Å². The maximum Gasteiger partial charge on any atom is 0.265 e. The fourth-order valence-corrected chi connectivity index (χ4v) is 3.76. The summed E-state index contributed by atoms with van der Waals surface area (Å²) in [5.41, 5.74) is 5.28. The van der Waals surface area contributed by atoms with E-state index in [1.54, 1.807) is 6.92 Å². The Hall–Kier alpha value is -3.21. The van der Waals surface area contributed by atoms with Crippen LogP contribution in [0.3, 0.4) is 0 Å². The standard InChI is InChI=1S/C19H20FN3O6S/c1-3-29-17-14(28-2)7-6-12(22-17)13(8-9-30(26)27)23-18(24)15-10(20)4-5-11(21)16(15)19(23)25/h4-7,13,30H,3,8-9,21H2,1-2H3. The number of ether oxygens (including phenoxy) is 2. The van der Waals surface area contributed by atoms with Gasteiger partial charge in [0.15, 0.2) is 5.75 Å². The van der Waals surface area contributed by atoms with Crippen LogP contribution in [0.5, 0.6) is 11.6 Å². The molecular weight excluding hydrogens is 417 g/mol. The minimum Gasteiger partial charge on any atom is -0.491 e. The van der Waals surface area contributed by atoms with Crippen LogP contribution in [0.1, 0.15) is 45.8 Å². The van der Waals surface area contributed by atoms with E-state index in [1.165, 1.54) is 25.3 Å². The van der Waals surface area contributed by atoms with Crippen molar-refractivity contribution in [3.63, 3.8) is 0 Å². The molecule has 1 atom stereocenters. The fourth-order valence-electron chi connectivity index (χ4n) is 3.31. The number of hydrogen-bond donors (Lipinski definition) is 2. The highest BCUT2D eigenvalue weighted by atomic mass is 32.2. The van der Waals surface area contributed by atoms with Crippen molar-refractivity contribution in [1.82, 2.24) is 9.88 Å². The Labute approximate surface area is 173 Å². The highest BCUT2D eigenvalue weighted by Crippen LogP contribution is 2.38. The molecule has 1 unspecified atom stereocenters. The number of amides is 2. The van der Waals surface area contributed by atoms with Gasteiger partial charge in [0.05, 0.1) is 36.6 Å². The first-order valence-corrected chi connectivity index (χ1v) is 10.4. The summed E-state index contributed by atoms with van der Waals surface area (Å²) in [5, 5.41) is 0. The monoisotopic (exact) mass is 437 g/mol. The summed E-state index contributed by atoms with van der Waals surface area (Å²) < 4.78 is 47.4. The topological polar surface area (TPSA) is 129 Å². The number of halogens is 1. The van der Waals surface area contributed by atoms with Gasteiger partial charge in [0.2, 0.25) is 0 Å². The molecule has 0 radical (unpaired) electrons. The Bertz CT molecular complexity index is 1040. The second-order valence-corrected chi connectivity index (χ2v) is 7.52. The predicted molar refractivity (Wildman–Crippen MR) is 106 cm³/mol. The van der Waals surface area contributed by atoms with Crippen molar-refractivity contribution in [2.24, 2.45) is 0 Å². The lowest BCUT2D eigenvalue weighted by Crippen LogP contribution is -2.35. The van der Waals surface area contributed by atoms with Crippen LogP contribution in [0.25, 0.3) is 0 Å². The number of thiol groups is 1. The molecule has 3 rings (SSSR count). The van der Waals surface area contributed by atoms with Gasteiger partial charge in [-0.1, -0.05) is 0 Å². The zero-order chi connectivity index (χ0) is 22.0. The van der Waals surface area contributed by atoms with Crippen molar-refractivity contribution < 1.29 is 31.9 Å². The van der Waals surface area contributed by atoms with E-state index < -0.39 is 39.9 Å². The minimum absolute atomic E-state index is 0.0430. The van der Waals surface area contributed by atoms with Crippen molar-refractivity contribution in [2.75, 3.05) is 25.2 Å². The van der Waals surface area contributed by atoms with Gasteiger partial charge in [0, 0.05) is 11.4 Å². The van der Waals surface area contributed by atoms with Crippen LogP contribution in [0.4, 0.5) is 10.1 Å². The number of hydrogen-bond acceptors (Lipinski definition) is 8. The third-order valence-electron chi connectivity index (χ3n) is 4.64. The number of carbonyl (C=O) groups is 2. The van der Waals surface area contributed by atoms with Crippen molar-refractivity contribution in [1.29, 1.82) is 0 Å². The summed E-state index contributed by atoms with van der Waals surface area (Å²) in [5.74, 6) is -2.46. The molecule has 30 heavy (non-hydrogen) atoms. The van der Waals surface area contributed by atoms with Crippen LogP contribution in [0, 0.1) is 5.82 Å². The lowest BCUT2D eigenvalue weighted by molar-refractivity contribution is 0.0573. The minimum atomic E-state index is -2.79. The van der Waals surface area contributed by atoms with Crippen LogP contribution in [0.15, 0.2) is 24.3 Å². The average molecular weight is 437 g/mol. The van der Waals surface area contributed by atoms with Gasteiger partial charge in [-0.25, -0.2) is 17.8 Å². The number of anilines is 1. The van der Waals surface area contributed by atoms with E-state index in [1.807, 2.05) is 0 Å². The zero-order valence-corrected chi connectivity index (χ0v) is 17.1. The first-order valence-electron chi connectivity index (χ1n) is 9.05. The number of fused-ring (bicyclic) bond motifs is 1. The predicted octanol–water partition coefficient (Wildman–Crippen LogP) is 1.55. The molecule has 9 nitrogen and oxygen atoms in total. The summed E-state index contributed by atoms with van der Waals surface area (Å²) in [4.78, 5) is 31.1. The molecule has 0 saturated heterocycles. The Morgan fingerprint density at radius 3 is 2.47 bits per heavy atom. The number of aromatic nitrogens is 1. The highest BCUT2D eigenvalue weighted by molar-refractivity contribution is 7.72. The Morgan fingerprint density at radius 1 is 1.17 bits per heavy atom. The first-order chi connectivity index (χ1) is 14.3. The van der Waals surface area contributed by atoms with Crippen molar-refractivity contribution in [2.45, 2.75) is 19.4 Å². The Balaban J connectivity index is 2.11. The van der Waals surface area contributed by atoms with Crippen LogP contribution in [0.2, 0.25) is 0 Å². The number of nitrogen functional groups attached to an aromatic ring is 1. The molecule has 11 heteroatoms. The van der Waals surface area contributed by atoms with Crippen molar-refractivity contribution >= 4 is 28.2 Å². The number of imide groups is 1. The Kier molecular flexibility index (Phi) is 6.20. The van der Waals surface area contributed by atoms with Crippen LogP contribution < -0.4 is 15.2 Å². The largest absolute Gasteiger partial charge is 0.491 e. The van der Waals surface area contributed by atoms with E-state index in [4.69, 9.17) is 15.2 Å². The molecule has 1 aromatic heterocycles. The zero-order valence-electron chi connectivity index (χ0n) is 16.3. The third-order valence-corrected chi connectivity index (χ3v) is 5.26. The molecule has 1 aliphatic heterocycles. The molecule has 0 spiro atoms. The van der Waals surface area contributed by atoms with Gasteiger partial charge in [0.25, 0.3) is 17.7 Å². The molecule has 1 aliphatic rings. The average Bonchev–Trinajstić information content (AvgIpc) is 2.97. The number of pyridine rings is 1. The summed E-state index contributed by atoms with van der Waals surface area (Å²) in [6.07, 6.45) is -0.128. The quantitative estimate of drug-likeness (QED) is 0.362. The normalized spacial score (nSPS) is 14.2. The number of nitrogens with zero attached hydrogens (tertiary/aromatic N) is 2. The van der Waals surface area contributed by atoms with Gasteiger partial charge in [0.1, 0.15) is 16.5 Å². The molecule has 2 heterocycles. The summed E-state index contributed by atoms with van der Waals surface area (Å²) in [6.45, 7) is 2.02. The van der Waals surface area contributed by atoms with Crippen LogP contribution >= 0.6 is 0 Å². The molecule has 160 valence electrons. The second kappa shape index (κ2) is 8.66. The molecule has 0 aliphatic carbocycles. The molecule has 2 aromatic rings. The number of nitrogens with two attached hydrogens (primary N) is 1. The van der Waals surface area contributed by atoms with Gasteiger partial charge < -0.3 is 15.2 Å². The van der Waals surface area contributed by atoms with Crippen molar-refractivity contribution in [3.05, 3.63) is 46.9 Å². The smallest absolute Gasteiger partial charge is 0.265 e. The maximum atomic E-state index is 14.3. The molecule has 0 fully saturated rings. The van der Waals surface area contributed by atoms with E-state index in [0.717, 1.165) is 11.0 Å². The summed E-state index contributed by atoms with van der Waals surface area (Å²) in [7, 11) is -1.37. The lowest BCUT2D eigenvalue weighted by Gasteiger charge is -2.26. The number of carbonyl (C=O) groups excluding carboxylic acids is 2. The first kappa shape index (κ1) is 21.5. The van der Waals surface area contributed by atoms with Crippen molar-refractivity contribution in [3.8, 4) is 11.6 Å². The Morgan fingerprint density at radius 2 is 1.87 bits per heavy atom. The molecule has 0 bridgehead atoms. The van der Waals surface area contributed by atoms with Gasteiger partial charge in [-0.05, 0) is 37.6 Å². The van der Waals surface area contributed by atoms with E-state index >= 15 is 0 Å². The van der Waals surface area contributed by atoms with E-state index in [2.05, 4.69) is 4.98 Å². The van der Waals surface area contributed by atoms with Gasteiger partial charge >= 0.3 is 0 Å². The van der Waals surface area contributed by atoms with E-state index in [0.29, 0.717) is 5.75 Å². The van der Waals surface area contributed by atoms with Crippen LogP contribution in [-0.2, 0) is 10.7 Å². The van der Waals surface area contributed by atoms with E-state index in [-0.39, 0.29) is 41.6 Å². The third kappa shape index (κ3) is 3.80. The molecule has 2 N–H and O–H groups in total. The lowest BCUT2D eigenvalue weighted by atomic mass is 10.1. The van der Waals surface area contributed by atoms with Gasteiger partial charge in [-0.3, -0.25) is 14.5 Å². The fraction of sp³-hybridized carbons (Fsp3) is 0.316. The van der Waals surface area contributed by atoms with Crippen LogP contribution in [-0.4, -0.2) is 49.6 Å². The molecular formula is C19H20FN3O6S. The van der Waals surface area contributed by atoms with E-state index in [9.17, 15) is 22.4 Å². The number of rotatable bonds is 8. The highest BCUT2D eigenvalue weighted by Gasteiger charge is 2.44. The molecule has 2 amide bonds. The maximum absolute atomic E-state index is 14.3. The SMILES string of the molecule is CCOc1nc(C(CC[SH](=O)=O)N2C(=O)c3c(N)ccc(F)c3C2=O)ccc1OC. The second-order valence-electron chi connectivity index (χ2n) is 6.40. The summed E-state index contributed by atoms with van der Waals surface area (Å²) >= 11 is 0. The number of methoxy groups -OCH3 is 1. The number of benzene rings is 1. The van der Waals surface area contributed by atoms with Gasteiger partial charge in [-0.15, -0.1) is 0 Å². The molecule has 0 saturated carbocycles. The molecule has 1 aromatic carbocycles.